The van der Waals surface area contributed by atoms with Crippen LogP contribution in [0, 0.1) is 5.92 Å². The van der Waals surface area contributed by atoms with Crippen molar-refractivity contribution in [2.75, 3.05) is 23.3 Å². The van der Waals surface area contributed by atoms with Crippen molar-refractivity contribution in [3.63, 3.8) is 0 Å². The molecule has 0 atom stereocenters. The average Bonchev–Trinajstić information content (AvgIpc) is 2.57. The molecule has 1 aromatic heterocycles. The highest BCUT2D eigenvalue weighted by Crippen LogP contribution is 2.21. The van der Waals surface area contributed by atoms with E-state index in [-0.39, 0.29) is 5.91 Å². The molecule has 0 saturated carbocycles. The zero-order chi connectivity index (χ0) is 16.2. The van der Waals surface area contributed by atoms with Crippen molar-refractivity contribution >= 4 is 29.1 Å². The van der Waals surface area contributed by atoms with Gasteiger partial charge in [-0.05, 0) is 43.0 Å². The van der Waals surface area contributed by atoms with E-state index in [1.807, 2.05) is 6.07 Å². The number of amides is 1. The summed E-state index contributed by atoms with van der Waals surface area (Å²) in [6, 6.07) is 10.6. The minimum atomic E-state index is -0.288. The second-order valence-corrected chi connectivity index (χ2v) is 6.29. The molecule has 1 amide bonds. The summed E-state index contributed by atoms with van der Waals surface area (Å²) < 4.78 is 0. The molecule has 1 saturated heterocycles. The lowest BCUT2D eigenvalue weighted by atomic mass is 9.99. The second kappa shape index (κ2) is 6.96. The molecule has 1 aliphatic rings. The standard InChI is InChI=1S/C17H19ClN4O/c1-12-8-10-22(11-9-12)16-7-6-15(20-21-16)19-17(23)13-4-2-3-5-14(13)18/h2-7,12H,8-11H2,1H3,(H,19,20,23). The van der Waals surface area contributed by atoms with Crippen molar-refractivity contribution in [3.05, 3.63) is 47.0 Å². The van der Waals surface area contributed by atoms with E-state index >= 15 is 0 Å². The highest BCUT2D eigenvalue weighted by molar-refractivity contribution is 6.34. The minimum Gasteiger partial charge on any atom is -0.355 e. The lowest BCUT2D eigenvalue weighted by Gasteiger charge is -2.30. The van der Waals surface area contributed by atoms with Crippen LogP contribution in [0.4, 0.5) is 11.6 Å². The van der Waals surface area contributed by atoms with E-state index in [0.717, 1.165) is 24.8 Å². The fourth-order valence-corrected chi connectivity index (χ4v) is 2.85. The first kappa shape index (κ1) is 15.7. The van der Waals surface area contributed by atoms with E-state index in [1.54, 1.807) is 30.3 Å². The summed E-state index contributed by atoms with van der Waals surface area (Å²) >= 11 is 6.02. The van der Waals surface area contributed by atoms with E-state index < -0.39 is 0 Å². The van der Waals surface area contributed by atoms with Gasteiger partial charge in [0.05, 0.1) is 10.6 Å². The van der Waals surface area contributed by atoms with Crippen molar-refractivity contribution in [1.82, 2.24) is 10.2 Å². The molecule has 0 aliphatic carbocycles. The van der Waals surface area contributed by atoms with Gasteiger partial charge in [-0.2, -0.15) is 0 Å². The molecule has 120 valence electrons. The van der Waals surface area contributed by atoms with Crippen molar-refractivity contribution in [2.45, 2.75) is 19.8 Å². The Morgan fingerprint density at radius 1 is 1.17 bits per heavy atom. The monoisotopic (exact) mass is 330 g/mol. The van der Waals surface area contributed by atoms with Gasteiger partial charge >= 0.3 is 0 Å². The molecule has 0 unspecified atom stereocenters. The molecule has 2 heterocycles. The van der Waals surface area contributed by atoms with E-state index in [4.69, 9.17) is 11.6 Å². The third kappa shape index (κ3) is 3.79. The number of anilines is 2. The zero-order valence-electron chi connectivity index (χ0n) is 13.0. The Morgan fingerprint density at radius 2 is 1.91 bits per heavy atom. The number of hydrogen-bond donors (Lipinski definition) is 1. The van der Waals surface area contributed by atoms with Crippen molar-refractivity contribution in [2.24, 2.45) is 5.92 Å². The number of carbonyl (C=O) groups is 1. The third-order valence-electron chi connectivity index (χ3n) is 4.12. The fourth-order valence-electron chi connectivity index (χ4n) is 2.63. The van der Waals surface area contributed by atoms with Gasteiger partial charge in [0.15, 0.2) is 11.6 Å². The van der Waals surface area contributed by atoms with Crippen LogP contribution in [0.3, 0.4) is 0 Å². The van der Waals surface area contributed by atoms with Crippen LogP contribution >= 0.6 is 11.6 Å². The normalized spacial score (nSPS) is 15.5. The first-order valence-corrected chi connectivity index (χ1v) is 8.16. The van der Waals surface area contributed by atoms with Crippen LogP contribution in [0.1, 0.15) is 30.1 Å². The zero-order valence-corrected chi connectivity index (χ0v) is 13.8. The molecule has 2 aromatic rings. The maximum Gasteiger partial charge on any atom is 0.258 e. The smallest absolute Gasteiger partial charge is 0.258 e. The lowest BCUT2D eigenvalue weighted by molar-refractivity contribution is 0.102. The molecule has 1 aliphatic heterocycles. The Morgan fingerprint density at radius 3 is 2.57 bits per heavy atom. The first-order chi connectivity index (χ1) is 11.1. The largest absolute Gasteiger partial charge is 0.355 e. The summed E-state index contributed by atoms with van der Waals surface area (Å²) in [6.07, 6.45) is 2.35. The molecule has 6 heteroatoms. The summed E-state index contributed by atoms with van der Waals surface area (Å²) in [5, 5.41) is 11.5. The average molecular weight is 331 g/mol. The molecule has 5 nitrogen and oxygen atoms in total. The first-order valence-electron chi connectivity index (χ1n) is 7.78. The Bertz CT molecular complexity index is 681. The SMILES string of the molecule is CC1CCN(c2ccc(NC(=O)c3ccccc3Cl)nn2)CC1. The van der Waals surface area contributed by atoms with Gasteiger partial charge < -0.3 is 10.2 Å². The summed E-state index contributed by atoms with van der Waals surface area (Å²) in [5.74, 6) is 1.76. The molecule has 3 rings (SSSR count). The second-order valence-electron chi connectivity index (χ2n) is 5.88. The fraction of sp³-hybridized carbons (Fsp3) is 0.353. The summed E-state index contributed by atoms with van der Waals surface area (Å²) in [7, 11) is 0. The molecule has 0 radical (unpaired) electrons. The molecule has 1 N–H and O–H groups in total. The van der Waals surface area contributed by atoms with Crippen LogP contribution in [-0.4, -0.2) is 29.2 Å². The maximum atomic E-state index is 12.2. The number of carbonyl (C=O) groups excluding carboxylic acids is 1. The van der Waals surface area contributed by atoms with Crippen LogP contribution in [0.2, 0.25) is 5.02 Å². The van der Waals surface area contributed by atoms with Crippen molar-refractivity contribution in [1.29, 1.82) is 0 Å². The molecular weight excluding hydrogens is 312 g/mol. The Balaban J connectivity index is 1.66. The third-order valence-corrected chi connectivity index (χ3v) is 4.45. The van der Waals surface area contributed by atoms with Crippen molar-refractivity contribution in [3.8, 4) is 0 Å². The predicted molar refractivity (Wildman–Crippen MR) is 92.0 cm³/mol. The van der Waals surface area contributed by atoms with Gasteiger partial charge in [0, 0.05) is 13.1 Å². The molecule has 0 spiro atoms. The Labute approximate surface area is 140 Å². The van der Waals surface area contributed by atoms with Gasteiger partial charge in [0.25, 0.3) is 5.91 Å². The van der Waals surface area contributed by atoms with Crippen LogP contribution in [0.25, 0.3) is 0 Å². The Kier molecular flexibility index (Phi) is 4.76. The van der Waals surface area contributed by atoms with Gasteiger partial charge in [-0.1, -0.05) is 30.7 Å². The van der Waals surface area contributed by atoms with Gasteiger partial charge in [-0.15, -0.1) is 10.2 Å². The van der Waals surface area contributed by atoms with Gasteiger partial charge in [0.1, 0.15) is 0 Å². The van der Waals surface area contributed by atoms with Gasteiger partial charge in [-0.25, -0.2) is 0 Å². The number of rotatable bonds is 3. The van der Waals surface area contributed by atoms with E-state index in [0.29, 0.717) is 16.4 Å². The van der Waals surface area contributed by atoms with E-state index in [1.165, 1.54) is 12.8 Å². The summed E-state index contributed by atoms with van der Waals surface area (Å²) in [5.41, 5.74) is 0.421. The highest BCUT2D eigenvalue weighted by atomic mass is 35.5. The number of nitrogens with one attached hydrogen (secondary N) is 1. The van der Waals surface area contributed by atoms with Crippen LogP contribution in [0.15, 0.2) is 36.4 Å². The van der Waals surface area contributed by atoms with Crippen LogP contribution < -0.4 is 10.2 Å². The predicted octanol–water partition coefficient (Wildman–Crippen LogP) is 3.62. The number of piperidine rings is 1. The minimum absolute atomic E-state index is 0.288. The van der Waals surface area contributed by atoms with Gasteiger partial charge in [0.2, 0.25) is 0 Å². The highest BCUT2D eigenvalue weighted by Gasteiger charge is 2.17. The molecule has 0 bridgehead atoms. The molecule has 23 heavy (non-hydrogen) atoms. The number of halogens is 1. The van der Waals surface area contributed by atoms with Crippen molar-refractivity contribution < 1.29 is 4.79 Å². The van der Waals surface area contributed by atoms with Crippen LogP contribution in [-0.2, 0) is 0 Å². The van der Waals surface area contributed by atoms with Gasteiger partial charge in [-0.3, -0.25) is 4.79 Å². The number of aromatic nitrogens is 2. The molecule has 1 fully saturated rings. The quantitative estimate of drug-likeness (QED) is 0.933. The number of hydrogen-bond acceptors (Lipinski definition) is 4. The summed E-state index contributed by atoms with van der Waals surface area (Å²) in [6.45, 7) is 4.28. The summed E-state index contributed by atoms with van der Waals surface area (Å²) in [4.78, 5) is 14.4. The lowest BCUT2D eigenvalue weighted by Crippen LogP contribution is -2.33. The molecule has 1 aromatic carbocycles. The topological polar surface area (TPSA) is 58.1 Å². The number of benzene rings is 1. The number of nitrogens with zero attached hydrogens (tertiary/aromatic N) is 3. The van der Waals surface area contributed by atoms with E-state index in [2.05, 4.69) is 27.3 Å². The Hall–Kier alpha value is -2.14. The van der Waals surface area contributed by atoms with Crippen LogP contribution in [0.5, 0.6) is 0 Å². The maximum absolute atomic E-state index is 12.2. The van der Waals surface area contributed by atoms with E-state index in [9.17, 15) is 4.79 Å². The molecular formula is C17H19ClN4O.